The zero-order valence-electron chi connectivity index (χ0n) is 12.2. The maximum Gasteiger partial charge on any atom is 0.358 e. The summed E-state index contributed by atoms with van der Waals surface area (Å²) in [6, 6.07) is 10.2. The number of hydrogen-bond donors (Lipinski definition) is 0. The predicted octanol–water partition coefficient (Wildman–Crippen LogP) is 1.96. The van der Waals surface area contributed by atoms with E-state index in [4.69, 9.17) is 0 Å². The molecule has 1 aromatic carbocycles. The molecule has 0 aliphatic heterocycles. The quantitative estimate of drug-likeness (QED) is 0.675. The third-order valence-electron chi connectivity index (χ3n) is 3.32. The largest absolute Gasteiger partial charge is 0.464 e. The van der Waals surface area contributed by atoms with E-state index in [2.05, 4.69) is 39.1 Å². The van der Waals surface area contributed by atoms with Gasteiger partial charge in [-0.05, 0) is 17.2 Å². The first-order valence-corrected chi connectivity index (χ1v) is 6.90. The number of ether oxygens (including phenoxy) is 1. The van der Waals surface area contributed by atoms with Gasteiger partial charge >= 0.3 is 5.97 Å². The number of benzene rings is 1. The van der Waals surface area contributed by atoms with E-state index in [1.807, 2.05) is 21.5 Å². The number of esters is 1. The van der Waals surface area contributed by atoms with E-state index in [-0.39, 0.29) is 0 Å². The number of nitrogens with zero attached hydrogens (tertiary/aromatic N) is 4. The van der Waals surface area contributed by atoms with Crippen LogP contribution in [0.3, 0.4) is 0 Å². The molecule has 0 saturated heterocycles. The Morgan fingerprint density at radius 1 is 1.18 bits per heavy atom. The molecule has 112 valence electrons. The Hall–Kier alpha value is -2.89. The Kier molecular flexibility index (Phi) is 4.00. The van der Waals surface area contributed by atoms with Gasteiger partial charge in [0.15, 0.2) is 5.69 Å². The van der Waals surface area contributed by atoms with E-state index in [1.54, 1.807) is 18.7 Å². The second-order valence-electron chi connectivity index (χ2n) is 4.94. The number of rotatable bonds is 5. The molecule has 0 N–H and O–H groups in total. The van der Waals surface area contributed by atoms with Gasteiger partial charge in [-0.2, -0.15) is 5.10 Å². The average Bonchev–Trinajstić information content (AvgIpc) is 3.20. The molecule has 3 rings (SSSR count). The fourth-order valence-corrected chi connectivity index (χ4v) is 2.20. The second-order valence-corrected chi connectivity index (χ2v) is 4.94. The molecule has 0 amide bonds. The van der Waals surface area contributed by atoms with Gasteiger partial charge in [0.2, 0.25) is 0 Å². The molecule has 0 fully saturated rings. The van der Waals surface area contributed by atoms with Gasteiger partial charge < -0.3 is 9.30 Å². The van der Waals surface area contributed by atoms with Crippen molar-refractivity contribution >= 4 is 5.97 Å². The molecule has 0 aliphatic rings. The van der Waals surface area contributed by atoms with Crippen molar-refractivity contribution in [3.05, 3.63) is 72.1 Å². The Bertz CT molecular complexity index is 745. The Balaban J connectivity index is 1.65. The highest BCUT2D eigenvalue weighted by atomic mass is 16.5. The maximum absolute atomic E-state index is 11.4. The minimum absolute atomic E-state index is 0.317. The van der Waals surface area contributed by atoms with Crippen molar-refractivity contribution in [1.29, 1.82) is 0 Å². The van der Waals surface area contributed by atoms with Crippen LogP contribution in [-0.2, 0) is 17.8 Å². The van der Waals surface area contributed by atoms with Crippen molar-refractivity contribution in [3.8, 4) is 0 Å². The van der Waals surface area contributed by atoms with E-state index >= 15 is 0 Å². The zero-order valence-corrected chi connectivity index (χ0v) is 12.2. The van der Waals surface area contributed by atoms with Gasteiger partial charge in [-0.1, -0.05) is 24.3 Å². The smallest absolute Gasteiger partial charge is 0.358 e. The van der Waals surface area contributed by atoms with Crippen LogP contribution >= 0.6 is 0 Å². The van der Waals surface area contributed by atoms with Gasteiger partial charge in [0.25, 0.3) is 0 Å². The lowest BCUT2D eigenvalue weighted by molar-refractivity contribution is 0.0594. The molecule has 0 bridgehead atoms. The lowest BCUT2D eigenvalue weighted by atomic mass is 10.1. The molecule has 6 nitrogen and oxygen atoms in total. The molecule has 0 radical (unpaired) electrons. The van der Waals surface area contributed by atoms with Crippen molar-refractivity contribution in [2.45, 2.75) is 13.1 Å². The molecule has 0 saturated carbocycles. The second kappa shape index (κ2) is 6.26. The van der Waals surface area contributed by atoms with Crippen LogP contribution in [0, 0.1) is 0 Å². The molecular formula is C16H16N4O2. The molecule has 22 heavy (non-hydrogen) atoms. The van der Waals surface area contributed by atoms with Crippen molar-refractivity contribution in [1.82, 2.24) is 19.3 Å². The summed E-state index contributed by atoms with van der Waals surface area (Å²) in [4.78, 5) is 15.4. The molecule has 2 heterocycles. The summed E-state index contributed by atoms with van der Waals surface area (Å²) >= 11 is 0. The number of aromatic nitrogens is 4. The van der Waals surface area contributed by atoms with Gasteiger partial charge in [-0.25, -0.2) is 9.78 Å². The maximum atomic E-state index is 11.4. The van der Waals surface area contributed by atoms with E-state index in [0.717, 1.165) is 12.1 Å². The van der Waals surface area contributed by atoms with Crippen LogP contribution in [0.2, 0.25) is 0 Å². The summed E-state index contributed by atoms with van der Waals surface area (Å²) in [5, 5.41) is 4.19. The van der Waals surface area contributed by atoms with Crippen molar-refractivity contribution < 1.29 is 9.53 Å². The number of methoxy groups -OCH3 is 1. The molecule has 0 atom stereocenters. The lowest BCUT2D eigenvalue weighted by Crippen LogP contribution is -2.02. The van der Waals surface area contributed by atoms with Crippen molar-refractivity contribution in [2.75, 3.05) is 7.11 Å². The molecule has 0 spiro atoms. The number of imidazole rings is 1. The van der Waals surface area contributed by atoms with Crippen LogP contribution < -0.4 is 0 Å². The normalized spacial score (nSPS) is 10.6. The predicted molar refractivity (Wildman–Crippen MR) is 80.4 cm³/mol. The highest BCUT2D eigenvalue weighted by molar-refractivity contribution is 5.86. The van der Waals surface area contributed by atoms with Crippen LogP contribution in [0.1, 0.15) is 21.6 Å². The lowest BCUT2D eigenvalue weighted by Gasteiger charge is -2.05. The van der Waals surface area contributed by atoms with Crippen LogP contribution in [-0.4, -0.2) is 32.4 Å². The highest BCUT2D eigenvalue weighted by Crippen LogP contribution is 2.09. The average molecular weight is 296 g/mol. The van der Waals surface area contributed by atoms with E-state index in [1.165, 1.54) is 12.7 Å². The first-order valence-electron chi connectivity index (χ1n) is 6.90. The van der Waals surface area contributed by atoms with E-state index < -0.39 is 5.97 Å². The number of hydrogen-bond acceptors (Lipinski definition) is 4. The third kappa shape index (κ3) is 3.22. The van der Waals surface area contributed by atoms with Crippen LogP contribution in [0.5, 0.6) is 0 Å². The number of carbonyl (C=O) groups is 1. The molecule has 0 unspecified atom stereocenters. The van der Waals surface area contributed by atoms with Crippen molar-refractivity contribution in [3.63, 3.8) is 0 Å². The fourth-order valence-electron chi connectivity index (χ4n) is 2.20. The fraction of sp³-hybridized carbons (Fsp3) is 0.188. The van der Waals surface area contributed by atoms with E-state index in [9.17, 15) is 4.79 Å². The molecule has 3 aromatic rings. The highest BCUT2D eigenvalue weighted by Gasteiger charge is 2.08. The van der Waals surface area contributed by atoms with E-state index in [0.29, 0.717) is 12.2 Å². The van der Waals surface area contributed by atoms with Gasteiger partial charge in [0.1, 0.15) is 0 Å². The SMILES string of the molecule is COC(=O)c1cn(Cc2ccc(Cn3cccn3)cc2)cn1. The van der Waals surface area contributed by atoms with Crippen LogP contribution in [0.15, 0.2) is 55.2 Å². The van der Waals surface area contributed by atoms with Gasteiger partial charge in [-0.15, -0.1) is 0 Å². The molecule has 2 aromatic heterocycles. The van der Waals surface area contributed by atoms with Gasteiger partial charge in [0.05, 0.1) is 20.0 Å². The molecule has 0 aliphatic carbocycles. The standard InChI is InChI=1S/C16H16N4O2/c1-22-16(21)15-11-19(12-17-15)9-13-3-5-14(6-4-13)10-20-8-2-7-18-20/h2-8,11-12H,9-10H2,1H3. The zero-order chi connectivity index (χ0) is 15.4. The summed E-state index contributed by atoms with van der Waals surface area (Å²) < 4.78 is 8.38. The summed E-state index contributed by atoms with van der Waals surface area (Å²) in [5.41, 5.74) is 2.64. The monoisotopic (exact) mass is 296 g/mol. The summed E-state index contributed by atoms with van der Waals surface area (Å²) in [6.45, 7) is 1.41. The van der Waals surface area contributed by atoms with Gasteiger partial charge in [-0.3, -0.25) is 4.68 Å². The molecule has 6 heteroatoms. The number of carbonyl (C=O) groups excluding carboxylic acids is 1. The Labute approximate surface area is 128 Å². The summed E-state index contributed by atoms with van der Waals surface area (Å²) in [7, 11) is 1.35. The summed E-state index contributed by atoms with van der Waals surface area (Å²) in [5.74, 6) is -0.423. The Morgan fingerprint density at radius 3 is 2.55 bits per heavy atom. The van der Waals surface area contributed by atoms with Crippen molar-refractivity contribution in [2.24, 2.45) is 0 Å². The first-order chi connectivity index (χ1) is 10.7. The van der Waals surface area contributed by atoms with Crippen LogP contribution in [0.4, 0.5) is 0 Å². The minimum atomic E-state index is -0.423. The third-order valence-corrected chi connectivity index (χ3v) is 3.32. The minimum Gasteiger partial charge on any atom is -0.464 e. The van der Waals surface area contributed by atoms with Gasteiger partial charge in [0, 0.05) is 25.1 Å². The topological polar surface area (TPSA) is 61.9 Å². The first kappa shape index (κ1) is 14.1. The Morgan fingerprint density at radius 2 is 1.91 bits per heavy atom. The summed E-state index contributed by atoms with van der Waals surface area (Å²) in [6.07, 6.45) is 7.02. The molecular weight excluding hydrogens is 280 g/mol. The van der Waals surface area contributed by atoms with Crippen LogP contribution in [0.25, 0.3) is 0 Å².